The maximum absolute atomic E-state index is 14.5. The smallest absolute Gasteiger partial charge is 0.230 e. The number of H-pyrrole nitrogens is 1. The molecule has 31 heavy (non-hydrogen) atoms. The van der Waals surface area contributed by atoms with Gasteiger partial charge in [-0.05, 0) is 63.0 Å². The van der Waals surface area contributed by atoms with Gasteiger partial charge in [-0.25, -0.2) is 14.4 Å². The van der Waals surface area contributed by atoms with E-state index in [0.29, 0.717) is 18.0 Å². The van der Waals surface area contributed by atoms with Crippen LogP contribution in [0.1, 0.15) is 24.8 Å². The van der Waals surface area contributed by atoms with E-state index >= 15 is 0 Å². The van der Waals surface area contributed by atoms with E-state index in [9.17, 15) is 4.39 Å². The van der Waals surface area contributed by atoms with Gasteiger partial charge in [0.05, 0.1) is 17.5 Å². The maximum Gasteiger partial charge on any atom is 0.230 e. The standard InChI is InChI=1S/C24H25FN4O2/c1-16-11-18-21(14-22(16)30-10-4-9-29-7-2-3-8-29)27-15-28-24(18)31-23-12-17-5-6-26-20(17)13-19(23)25/h5-6,11-15,26H,2-4,7-10H2,1H3. The number of nitrogens with zero attached hydrogens (tertiary/aromatic N) is 3. The number of hydrogen-bond donors (Lipinski definition) is 1. The van der Waals surface area contributed by atoms with Crippen LogP contribution in [-0.2, 0) is 0 Å². The predicted molar refractivity (Wildman–Crippen MR) is 118 cm³/mol. The number of ether oxygens (including phenoxy) is 2. The number of likely N-dealkylation sites (tertiary alicyclic amines) is 1. The summed E-state index contributed by atoms with van der Waals surface area (Å²) in [6.45, 7) is 6.13. The summed E-state index contributed by atoms with van der Waals surface area (Å²) in [6, 6.07) is 8.80. The normalized spacial score (nSPS) is 14.5. The van der Waals surface area contributed by atoms with Crippen LogP contribution in [-0.4, -0.2) is 46.1 Å². The van der Waals surface area contributed by atoms with Crippen LogP contribution in [0.5, 0.6) is 17.4 Å². The van der Waals surface area contributed by atoms with Gasteiger partial charge in [-0.15, -0.1) is 0 Å². The molecule has 1 saturated heterocycles. The van der Waals surface area contributed by atoms with E-state index in [1.54, 1.807) is 12.3 Å². The summed E-state index contributed by atoms with van der Waals surface area (Å²) < 4.78 is 26.4. The molecule has 6 nitrogen and oxygen atoms in total. The fraction of sp³-hybridized carbons (Fsp3) is 0.333. The van der Waals surface area contributed by atoms with E-state index in [4.69, 9.17) is 9.47 Å². The summed E-state index contributed by atoms with van der Waals surface area (Å²) >= 11 is 0. The van der Waals surface area contributed by atoms with Crippen LogP contribution in [0.2, 0.25) is 0 Å². The summed E-state index contributed by atoms with van der Waals surface area (Å²) in [5, 5.41) is 1.59. The molecular formula is C24H25FN4O2. The van der Waals surface area contributed by atoms with Gasteiger partial charge in [0.25, 0.3) is 0 Å². The van der Waals surface area contributed by atoms with E-state index in [2.05, 4.69) is 19.9 Å². The lowest BCUT2D eigenvalue weighted by Crippen LogP contribution is -2.21. The Hall–Kier alpha value is -3.19. The fourth-order valence-corrected chi connectivity index (χ4v) is 4.12. The lowest BCUT2D eigenvalue weighted by atomic mass is 10.1. The molecule has 0 spiro atoms. The fourth-order valence-electron chi connectivity index (χ4n) is 4.12. The van der Waals surface area contributed by atoms with E-state index in [0.717, 1.165) is 40.6 Å². The molecule has 0 aliphatic carbocycles. The van der Waals surface area contributed by atoms with Crippen LogP contribution < -0.4 is 9.47 Å². The molecule has 1 N–H and O–H groups in total. The average molecular weight is 420 g/mol. The number of aryl methyl sites for hydroxylation is 1. The number of aromatic amines is 1. The van der Waals surface area contributed by atoms with Gasteiger partial charge in [0.15, 0.2) is 11.6 Å². The Balaban J connectivity index is 1.34. The highest BCUT2D eigenvalue weighted by Gasteiger charge is 2.14. The van der Waals surface area contributed by atoms with Gasteiger partial charge in [0.1, 0.15) is 12.1 Å². The Morgan fingerprint density at radius 1 is 1.10 bits per heavy atom. The van der Waals surface area contributed by atoms with E-state index in [1.165, 1.54) is 38.3 Å². The molecule has 1 fully saturated rings. The highest BCUT2D eigenvalue weighted by atomic mass is 19.1. The lowest BCUT2D eigenvalue weighted by Gasteiger charge is -2.15. The molecule has 1 aliphatic rings. The van der Waals surface area contributed by atoms with Gasteiger partial charge in [0.2, 0.25) is 5.88 Å². The number of rotatable bonds is 7. The van der Waals surface area contributed by atoms with Crippen LogP contribution in [0.15, 0.2) is 42.9 Å². The predicted octanol–water partition coefficient (Wildman–Crippen LogP) is 5.22. The third-order valence-electron chi connectivity index (χ3n) is 5.78. The topological polar surface area (TPSA) is 63.3 Å². The second-order valence-electron chi connectivity index (χ2n) is 8.01. The Morgan fingerprint density at radius 2 is 1.97 bits per heavy atom. The molecule has 0 bridgehead atoms. The molecule has 3 heterocycles. The van der Waals surface area contributed by atoms with Gasteiger partial charge in [0, 0.05) is 35.8 Å². The van der Waals surface area contributed by atoms with Gasteiger partial charge in [-0.3, -0.25) is 0 Å². The summed E-state index contributed by atoms with van der Waals surface area (Å²) in [5.41, 5.74) is 2.39. The number of benzene rings is 2. The summed E-state index contributed by atoms with van der Waals surface area (Å²) in [5.74, 6) is 0.810. The Bertz CT molecular complexity index is 1220. The Morgan fingerprint density at radius 3 is 2.84 bits per heavy atom. The minimum Gasteiger partial charge on any atom is -0.493 e. The van der Waals surface area contributed by atoms with Crippen molar-refractivity contribution in [3.05, 3.63) is 54.2 Å². The van der Waals surface area contributed by atoms with Gasteiger partial charge < -0.3 is 19.4 Å². The highest BCUT2D eigenvalue weighted by Crippen LogP contribution is 2.33. The molecule has 160 valence electrons. The molecule has 7 heteroatoms. The van der Waals surface area contributed by atoms with Crippen LogP contribution in [0.25, 0.3) is 21.8 Å². The van der Waals surface area contributed by atoms with Crippen LogP contribution in [0.4, 0.5) is 4.39 Å². The molecule has 1 aliphatic heterocycles. The largest absolute Gasteiger partial charge is 0.493 e. The SMILES string of the molecule is Cc1cc2c(Oc3cc4cc[nH]c4cc3F)ncnc2cc1OCCCN1CCCC1. The first-order valence-corrected chi connectivity index (χ1v) is 10.7. The third-order valence-corrected chi connectivity index (χ3v) is 5.78. The van der Waals surface area contributed by atoms with Crippen molar-refractivity contribution in [1.82, 2.24) is 19.9 Å². The second-order valence-corrected chi connectivity index (χ2v) is 8.01. The van der Waals surface area contributed by atoms with Crippen molar-refractivity contribution in [2.45, 2.75) is 26.2 Å². The monoisotopic (exact) mass is 420 g/mol. The van der Waals surface area contributed by atoms with Crippen molar-refractivity contribution >= 4 is 21.8 Å². The highest BCUT2D eigenvalue weighted by molar-refractivity contribution is 5.86. The van der Waals surface area contributed by atoms with Crippen molar-refractivity contribution in [2.24, 2.45) is 0 Å². The van der Waals surface area contributed by atoms with Crippen molar-refractivity contribution in [2.75, 3.05) is 26.2 Å². The van der Waals surface area contributed by atoms with E-state index in [-0.39, 0.29) is 5.75 Å². The molecule has 2 aromatic carbocycles. The van der Waals surface area contributed by atoms with Gasteiger partial charge >= 0.3 is 0 Å². The minimum atomic E-state index is -0.448. The Labute approximate surface area is 180 Å². The quantitative estimate of drug-likeness (QED) is 0.416. The van der Waals surface area contributed by atoms with Gasteiger partial charge in [-0.1, -0.05) is 0 Å². The molecule has 5 rings (SSSR count). The van der Waals surface area contributed by atoms with Crippen LogP contribution >= 0.6 is 0 Å². The second kappa shape index (κ2) is 8.51. The first-order valence-electron chi connectivity index (χ1n) is 10.7. The number of nitrogens with one attached hydrogen (secondary N) is 1. The zero-order chi connectivity index (χ0) is 21.2. The number of halogens is 1. The van der Waals surface area contributed by atoms with E-state index < -0.39 is 5.82 Å². The van der Waals surface area contributed by atoms with E-state index in [1.807, 2.05) is 25.1 Å². The molecule has 0 atom stereocenters. The zero-order valence-corrected chi connectivity index (χ0v) is 17.5. The molecule has 0 saturated carbocycles. The molecule has 0 radical (unpaired) electrons. The van der Waals surface area contributed by atoms with Gasteiger partial charge in [-0.2, -0.15) is 0 Å². The van der Waals surface area contributed by atoms with Crippen molar-refractivity contribution in [3.8, 4) is 17.4 Å². The molecule has 4 aromatic rings. The maximum atomic E-state index is 14.5. The average Bonchev–Trinajstić information content (AvgIpc) is 3.44. The third kappa shape index (κ3) is 4.18. The van der Waals surface area contributed by atoms with Crippen LogP contribution in [0.3, 0.4) is 0 Å². The summed E-state index contributed by atoms with van der Waals surface area (Å²) in [7, 11) is 0. The van der Waals surface area contributed by atoms with Crippen molar-refractivity contribution in [3.63, 3.8) is 0 Å². The number of fused-ring (bicyclic) bond motifs is 2. The Kier molecular flexibility index (Phi) is 5.42. The summed E-state index contributed by atoms with van der Waals surface area (Å²) in [6.07, 6.45) is 6.80. The summed E-state index contributed by atoms with van der Waals surface area (Å²) in [4.78, 5) is 14.1. The zero-order valence-electron chi connectivity index (χ0n) is 17.5. The van der Waals surface area contributed by atoms with Crippen LogP contribution in [0, 0.1) is 12.7 Å². The molecule has 0 amide bonds. The van der Waals surface area contributed by atoms with Crippen molar-refractivity contribution < 1.29 is 13.9 Å². The lowest BCUT2D eigenvalue weighted by molar-refractivity contribution is 0.262. The van der Waals surface area contributed by atoms with Crippen molar-refractivity contribution in [1.29, 1.82) is 0 Å². The number of aromatic nitrogens is 3. The molecular weight excluding hydrogens is 395 g/mol. The number of hydrogen-bond acceptors (Lipinski definition) is 5. The minimum absolute atomic E-state index is 0.131. The molecule has 0 unspecified atom stereocenters. The first-order chi connectivity index (χ1) is 15.2. The first kappa shape index (κ1) is 19.8. The molecule has 2 aromatic heterocycles.